The number of carbonyl (C=O) groups excluding carboxylic acids is 1. The molecular formula is C69H111NO18. The van der Waals surface area contributed by atoms with Gasteiger partial charge >= 0.3 is 0 Å². The number of amides is 1. The highest BCUT2D eigenvalue weighted by Gasteiger charge is 2.53. The van der Waals surface area contributed by atoms with Gasteiger partial charge in [0.2, 0.25) is 5.91 Å². The van der Waals surface area contributed by atoms with Gasteiger partial charge in [0.25, 0.3) is 0 Å². The normalized spacial score (nSPS) is 29.3. The highest BCUT2D eigenvalue weighted by Crippen LogP contribution is 2.33. The summed E-state index contributed by atoms with van der Waals surface area (Å²) < 4.78 is 34.1. The first kappa shape index (κ1) is 78.2. The Morgan fingerprint density at radius 2 is 0.784 bits per heavy atom. The van der Waals surface area contributed by atoms with Crippen LogP contribution in [-0.2, 0) is 33.2 Å². The summed E-state index contributed by atoms with van der Waals surface area (Å²) in [7, 11) is 0. The number of unbranched alkanes of at least 4 members (excludes halogenated alkanes) is 10. The van der Waals surface area contributed by atoms with Crippen LogP contribution in [0.1, 0.15) is 162 Å². The third-order valence-corrected chi connectivity index (χ3v) is 15.2. The van der Waals surface area contributed by atoms with Crippen molar-refractivity contribution in [1.29, 1.82) is 0 Å². The predicted molar refractivity (Wildman–Crippen MR) is 341 cm³/mol. The lowest BCUT2D eigenvalue weighted by Crippen LogP contribution is -2.66. The van der Waals surface area contributed by atoms with Crippen LogP contribution in [0, 0.1) is 0 Å². The molecular weight excluding hydrogens is 1130 g/mol. The van der Waals surface area contributed by atoms with E-state index in [0.717, 1.165) is 122 Å². The minimum Gasteiger partial charge on any atom is -0.394 e. The molecule has 500 valence electrons. The smallest absolute Gasteiger partial charge is 0.220 e. The minimum absolute atomic E-state index is 0.203. The van der Waals surface area contributed by atoms with E-state index in [1.807, 2.05) is 6.08 Å². The van der Waals surface area contributed by atoms with Gasteiger partial charge in [-0.3, -0.25) is 4.79 Å². The number of ether oxygens (including phenoxy) is 6. The standard InChI is InChI=1S/C69H111NO18/c1-3-5-7-9-11-13-14-15-16-17-18-19-20-21-22-23-24-25-26-27-28-29-30-31-32-33-34-35-36-37-38-39-41-43-45-47-57(75)70-52(53(74)46-44-42-40-12-10-8-6-4-2)51-83-67-63(81)60(78)65(55(49-72)85-67)88-69-64(82)61(79)66(56(50-73)86-69)87-68-62(80)59(77)58(76)54(48-71)84-68/h5,7,11,13,15-16,18-19,21-22,24-25,27-28,30-31,33-34,36-37,44,46,52-56,58-69,71-74,76-82H,3-4,6,8-10,12,14,17,20,23,26,29,32,35,38-43,45,47-51H2,1-2H3,(H,70,75)/b7-5-,13-11-,16-15-,19-18-,22-21-,25-24-,28-27-,31-30-,34-33-,37-36-,46-44+. The van der Waals surface area contributed by atoms with Gasteiger partial charge in [-0.05, 0) is 96.3 Å². The molecule has 12 N–H and O–H groups in total. The van der Waals surface area contributed by atoms with E-state index in [9.17, 15) is 61.0 Å². The number of aliphatic hydroxyl groups excluding tert-OH is 11. The summed E-state index contributed by atoms with van der Waals surface area (Å²) in [5.74, 6) is -0.311. The molecule has 0 saturated carbocycles. The van der Waals surface area contributed by atoms with Crippen LogP contribution in [0.5, 0.6) is 0 Å². The molecule has 0 spiro atoms. The average Bonchev–Trinajstić information content (AvgIpc) is 1.15. The fourth-order valence-corrected chi connectivity index (χ4v) is 9.92. The largest absolute Gasteiger partial charge is 0.394 e. The minimum atomic E-state index is -1.99. The van der Waals surface area contributed by atoms with Gasteiger partial charge in [0, 0.05) is 6.42 Å². The number of hydrogen-bond acceptors (Lipinski definition) is 18. The van der Waals surface area contributed by atoms with Gasteiger partial charge in [-0.1, -0.05) is 192 Å². The van der Waals surface area contributed by atoms with Crippen LogP contribution in [-0.4, -0.2) is 193 Å². The molecule has 19 nitrogen and oxygen atoms in total. The van der Waals surface area contributed by atoms with Gasteiger partial charge in [-0.2, -0.15) is 0 Å². The first-order valence-electron chi connectivity index (χ1n) is 32.4. The SMILES string of the molecule is CC/C=C\C/C=C\C/C=C\C/C=C\C/C=C\C/C=C\C/C=C\C/C=C\C/C=C\C/C=C\CCCCCCC(=O)NC(COC1OC(CO)C(OC2OC(CO)C(OC3OC(CO)C(O)C(O)C3O)C(O)C2O)C(O)C1O)C(O)/C=C/CCCCCCCC. The van der Waals surface area contributed by atoms with Crippen LogP contribution in [0.2, 0.25) is 0 Å². The third-order valence-electron chi connectivity index (χ3n) is 15.2. The molecule has 0 aliphatic carbocycles. The maximum atomic E-state index is 13.3. The molecule has 3 heterocycles. The summed E-state index contributed by atoms with van der Waals surface area (Å²) >= 11 is 0. The van der Waals surface area contributed by atoms with Crippen LogP contribution in [0.25, 0.3) is 0 Å². The lowest BCUT2D eigenvalue weighted by Gasteiger charge is -2.48. The summed E-state index contributed by atoms with van der Waals surface area (Å²) in [5.41, 5.74) is 0. The second-order valence-corrected chi connectivity index (χ2v) is 22.5. The molecule has 0 aromatic rings. The van der Waals surface area contributed by atoms with Crippen LogP contribution in [0.3, 0.4) is 0 Å². The van der Waals surface area contributed by atoms with Gasteiger partial charge in [0.05, 0.1) is 38.6 Å². The number of aliphatic hydroxyl groups is 11. The third kappa shape index (κ3) is 31.8. The van der Waals surface area contributed by atoms with Crippen molar-refractivity contribution in [2.24, 2.45) is 0 Å². The van der Waals surface area contributed by atoms with E-state index in [0.29, 0.717) is 6.42 Å². The van der Waals surface area contributed by atoms with Crippen molar-refractivity contribution in [3.05, 3.63) is 134 Å². The molecule has 3 rings (SSSR count). The number of nitrogens with one attached hydrogen (secondary N) is 1. The lowest BCUT2D eigenvalue weighted by atomic mass is 9.96. The Hall–Kier alpha value is -4.07. The van der Waals surface area contributed by atoms with Gasteiger partial charge in [0.1, 0.15) is 73.2 Å². The number of allylic oxidation sites excluding steroid dienone is 21. The molecule has 3 aliphatic rings. The summed E-state index contributed by atoms with van der Waals surface area (Å²) in [6, 6.07) is -0.994. The van der Waals surface area contributed by atoms with Crippen LogP contribution in [0.4, 0.5) is 0 Å². The predicted octanol–water partition coefficient (Wildman–Crippen LogP) is 7.43. The van der Waals surface area contributed by atoms with Crippen molar-refractivity contribution >= 4 is 5.91 Å². The fraction of sp³-hybridized carbons (Fsp3) is 0.667. The van der Waals surface area contributed by atoms with E-state index in [1.165, 1.54) is 12.8 Å². The highest BCUT2D eigenvalue weighted by atomic mass is 16.8. The summed E-state index contributed by atoms with van der Waals surface area (Å²) in [5, 5.41) is 120. The zero-order valence-electron chi connectivity index (χ0n) is 52.4. The second kappa shape index (κ2) is 49.6. The van der Waals surface area contributed by atoms with E-state index in [4.69, 9.17) is 28.4 Å². The van der Waals surface area contributed by atoms with Crippen LogP contribution < -0.4 is 5.32 Å². The van der Waals surface area contributed by atoms with Crippen molar-refractivity contribution in [1.82, 2.24) is 5.32 Å². The summed E-state index contributed by atoms with van der Waals surface area (Å²) in [6.45, 7) is 1.49. The lowest BCUT2D eigenvalue weighted by molar-refractivity contribution is -0.379. The Balaban J connectivity index is 1.37. The summed E-state index contributed by atoms with van der Waals surface area (Å²) in [6.07, 6.45) is 41.9. The number of rotatable bonds is 46. The Bertz CT molecular complexity index is 2120. The Kier molecular flexibility index (Phi) is 44.1. The van der Waals surface area contributed by atoms with E-state index in [2.05, 4.69) is 141 Å². The second-order valence-electron chi connectivity index (χ2n) is 22.5. The van der Waals surface area contributed by atoms with Crippen LogP contribution >= 0.6 is 0 Å². The molecule has 1 amide bonds. The molecule has 0 aromatic carbocycles. The van der Waals surface area contributed by atoms with Gasteiger partial charge < -0.3 is 89.9 Å². The van der Waals surface area contributed by atoms with Crippen molar-refractivity contribution in [3.63, 3.8) is 0 Å². The van der Waals surface area contributed by atoms with Gasteiger partial charge in [-0.15, -0.1) is 0 Å². The number of carbonyl (C=O) groups is 1. The molecule has 0 bridgehead atoms. The summed E-state index contributed by atoms with van der Waals surface area (Å²) in [4.78, 5) is 13.3. The van der Waals surface area contributed by atoms with Crippen molar-refractivity contribution in [2.45, 2.75) is 266 Å². The maximum absolute atomic E-state index is 13.3. The first-order valence-corrected chi connectivity index (χ1v) is 32.4. The molecule has 3 saturated heterocycles. The Morgan fingerprint density at radius 3 is 1.23 bits per heavy atom. The number of hydrogen-bond donors (Lipinski definition) is 12. The highest BCUT2D eigenvalue weighted by molar-refractivity contribution is 5.76. The fourth-order valence-electron chi connectivity index (χ4n) is 9.92. The van der Waals surface area contributed by atoms with E-state index >= 15 is 0 Å². The first-order chi connectivity index (χ1) is 42.8. The Morgan fingerprint density at radius 1 is 0.420 bits per heavy atom. The monoisotopic (exact) mass is 1240 g/mol. The van der Waals surface area contributed by atoms with E-state index in [-0.39, 0.29) is 18.9 Å². The van der Waals surface area contributed by atoms with Gasteiger partial charge in [0.15, 0.2) is 18.9 Å². The van der Waals surface area contributed by atoms with E-state index in [1.54, 1.807) is 6.08 Å². The molecule has 3 aliphatic heterocycles. The molecule has 17 unspecified atom stereocenters. The van der Waals surface area contributed by atoms with Crippen molar-refractivity contribution in [3.8, 4) is 0 Å². The quantitative estimate of drug-likeness (QED) is 0.0208. The molecule has 19 heteroatoms. The molecule has 17 atom stereocenters. The zero-order chi connectivity index (χ0) is 64.0. The zero-order valence-corrected chi connectivity index (χ0v) is 52.4. The average molecular weight is 1240 g/mol. The van der Waals surface area contributed by atoms with Crippen molar-refractivity contribution in [2.75, 3.05) is 26.4 Å². The maximum Gasteiger partial charge on any atom is 0.220 e. The topological polar surface area (TPSA) is 307 Å². The van der Waals surface area contributed by atoms with Crippen LogP contribution in [0.15, 0.2) is 134 Å². The van der Waals surface area contributed by atoms with E-state index < -0.39 is 124 Å². The molecule has 3 fully saturated rings. The molecule has 0 radical (unpaired) electrons. The van der Waals surface area contributed by atoms with Gasteiger partial charge in [-0.25, -0.2) is 0 Å². The molecule has 0 aromatic heterocycles. The van der Waals surface area contributed by atoms with Crippen molar-refractivity contribution < 1.29 is 89.4 Å². The Labute approximate surface area is 524 Å². The molecule has 88 heavy (non-hydrogen) atoms.